The molecule has 0 aromatic carbocycles. The molecule has 4 N–H and O–H groups in total. The largest absolute Gasteiger partial charge is 0.383 e. The van der Waals surface area contributed by atoms with E-state index in [0.29, 0.717) is 23.7 Å². The zero-order valence-electron chi connectivity index (χ0n) is 11.2. The summed E-state index contributed by atoms with van der Waals surface area (Å²) in [7, 11) is 3.18. The van der Waals surface area contributed by atoms with Crippen molar-refractivity contribution in [3.05, 3.63) is 18.0 Å². The van der Waals surface area contributed by atoms with Crippen molar-refractivity contribution in [3.63, 3.8) is 0 Å². The van der Waals surface area contributed by atoms with Crippen molar-refractivity contribution in [3.8, 4) is 0 Å². The van der Waals surface area contributed by atoms with Crippen LogP contribution >= 0.6 is 11.5 Å². The number of nitrogens with one attached hydrogen (secondary N) is 2. The Morgan fingerprint density at radius 1 is 1.60 bits per heavy atom. The highest BCUT2D eigenvalue weighted by Gasteiger charge is 2.18. The van der Waals surface area contributed by atoms with Crippen molar-refractivity contribution >= 4 is 33.9 Å². The summed E-state index contributed by atoms with van der Waals surface area (Å²) in [6.07, 6.45) is 3.49. The van der Waals surface area contributed by atoms with Gasteiger partial charge in [0, 0.05) is 20.4 Å². The number of carbonyl (C=O) groups is 1. The molecule has 0 atom stereocenters. The van der Waals surface area contributed by atoms with Crippen LogP contribution in [-0.2, 0) is 11.3 Å². The van der Waals surface area contributed by atoms with Gasteiger partial charge in [0.25, 0.3) is 5.91 Å². The normalized spacial score (nSPS) is 10.5. The fourth-order valence-electron chi connectivity index (χ4n) is 1.60. The van der Waals surface area contributed by atoms with Gasteiger partial charge in [-0.3, -0.25) is 9.48 Å². The summed E-state index contributed by atoms with van der Waals surface area (Å²) in [5, 5.41) is 10.4. The lowest BCUT2D eigenvalue weighted by atomic mass is 10.3. The molecule has 0 unspecified atom stereocenters. The quantitative estimate of drug-likeness (QED) is 0.723. The molecule has 2 heterocycles. The van der Waals surface area contributed by atoms with Gasteiger partial charge in [-0.2, -0.15) is 9.47 Å². The minimum absolute atomic E-state index is 0.212. The minimum Gasteiger partial charge on any atom is -0.383 e. The van der Waals surface area contributed by atoms with Crippen LogP contribution in [0.4, 0.5) is 16.5 Å². The number of ether oxygens (including phenoxy) is 1. The maximum Gasteiger partial charge on any atom is 0.257 e. The third-order valence-electron chi connectivity index (χ3n) is 2.59. The lowest BCUT2D eigenvalue weighted by Gasteiger charge is -2.03. The summed E-state index contributed by atoms with van der Waals surface area (Å²) in [5.74, 6) is -0.0610. The molecule has 0 radical (unpaired) electrons. The van der Waals surface area contributed by atoms with E-state index < -0.39 is 0 Å². The summed E-state index contributed by atoms with van der Waals surface area (Å²) in [6, 6.07) is 0. The van der Waals surface area contributed by atoms with Crippen molar-refractivity contribution in [2.24, 2.45) is 0 Å². The third kappa shape index (κ3) is 3.06. The average molecular weight is 296 g/mol. The first-order valence-corrected chi connectivity index (χ1v) is 6.68. The van der Waals surface area contributed by atoms with Crippen LogP contribution in [0.2, 0.25) is 0 Å². The Hall–Kier alpha value is -2.13. The number of carbonyl (C=O) groups excluding carboxylic acids is 1. The van der Waals surface area contributed by atoms with Crippen LogP contribution in [-0.4, -0.2) is 40.8 Å². The third-order valence-corrected chi connectivity index (χ3v) is 3.36. The Labute approximate surface area is 120 Å². The second-order valence-corrected chi connectivity index (χ2v) is 4.73. The number of anilines is 3. The molecule has 0 saturated heterocycles. The predicted molar refractivity (Wildman–Crippen MR) is 77.3 cm³/mol. The molecule has 108 valence electrons. The molecule has 0 spiro atoms. The van der Waals surface area contributed by atoms with Crippen LogP contribution in [0.15, 0.2) is 12.4 Å². The number of methoxy groups -OCH3 is 1. The predicted octanol–water partition coefficient (Wildman–Crippen LogP) is 0.671. The molecular formula is C11H16N6O2S. The van der Waals surface area contributed by atoms with Crippen molar-refractivity contribution in [1.29, 1.82) is 0 Å². The molecule has 2 rings (SSSR count). The van der Waals surface area contributed by atoms with Crippen molar-refractivity contribution < 1.29 is 9.53 Å². The van der Waals surface area contributed by atoms with Gasteiger partial charge in [0.05, 0.1) is 25.0 Å². The molecule has 0 aliphatic heterocycles. The summed E-state index contributed by atoms with van der Waals surface area (Å²) >= 11 is 1.13. The SMILES string of the molecule is CNC(=O)c1c(N)nsc1Nc1cnn(CCOC)c1. The first-order valence-electron chi connectivity index (χ1n) is 5.91. The Balaban J connectivity index is 2.14. The van der Waals surface area contributed by atoms with E-state index >= 15 is 0 Å². The fourth-order valence-corrected chi connectivity index (χ4v) is 2.33. The Morgan fingerprint density at radius 3 is 3.10 bits per heavy atom. The van der Waals surface area contributed by atoms with Gasteiger partial charge in [0.15, 0.2) is 5.82 Å². The lowest BCUT2D eigenvalue weighted by molar-refractivity contribution is 0.0965. The second-order valence-electron chi connectivity index (χ2n) is 3.96. The number of aromatic nitrogens is 3. The maximum absolute atomic E-state index is 11.8. The average Bonchev–Trinajstić information content (AvgIpc) is 3.03. The second kappa shape index (κ2) is 6.35. The van der Waals surface area contributed by atoms with Crippen molar-refractivity contribution in [2.75, 3.05) is 31.8 Å². The molecular weight excluding hydrogens is 280 g/mol. The van der Waals surface area contributed by atoms with Gasteiger partial charge in [-0.1, -0.05) is 0 Å². The van der Waals surface area contributed by atoms with Crippen LogP contribution < -0.4 is 16.4 Å². The highest BCUT2D eigenvalue weighted by atomic mass is 32.1. The van der Waals surface area contributed by atoms with Gasteiger partial charge in [0.2, 0.25) is 0 Å². The molecule has 20 heavy (non-hydrogen) atoms. The fraction of sp³-hybridized carbons (Fsp3) is 0.364. The number of hydrogen-bond acceptors (Lipinski definition) is 7. The monoisotopic (exact) mass is 296 g/mol. The van der Waals surface area contributed by atoms with Crippen LogP contribution in [0.3, 0.4) is 0 Å². The molecule has 0 aliphatic rings. The summed E-state index contributed by atoms with van der Waals surface area (Å²) in [4.78, 5) is 11.8. The molecule has 0 saturated carbocycles. The highest BCUT2D eigenvalue weighted by molar-refractivity contribution is 7.11. The summed E-state index contributed by atoms with van der Waals surface area (Å²) in [5.41, 5.74) is 6.81. The topological polar surface area (TPSA) is 107 Å². The summed E-state index contributed by atoms with van der Waals surface area (Å²) < 4.78 is 10.7. The molecule has 9 heteroatoms. The number of amides is 1. The minimum atomic E-state index is -0.273. The van der Waals surface area contributed by atoms with Crippen LogP contribution in [0.5, 0.6) is 0 Å². The maximum atomic E-state index is 11.8. The standard InChI is InChI=1S/C11H16N6O2S/c1-13-10(18)8-9(12)16-20-11(8)15-7-5-14-17(6-7)3-4-19-2/h5-6,15H,3-4H2,1-2H3,(H2,12,16)(H,13,18). The van der Waals surface area contributed by atoms with Crippen LogP contribution in [0, 0.1) is 0 Å². The number of nitrogens with two attached hydrogens (primary N) is 1. The number of rotatable bonds is 6. The lowest BCUT2D eigenvalue weighted by Crippen LogP contribution is -2.19. The van der Waals surface area contributed by atoms with Crippen LogP contribution in [0.25, 0.3) is 0 Å². The van der Waals surface area contributed by atoms with E-state index in [0.717, 1.165) is 17.2 Å². The van der Waals surface area contributed by atoms with Gasteiger partial charge in [-0.15, -0.1) is 0 Å². The molecule has 0 fully saturated rings. The van der Waals surface area contributed by atoms with Crippen molar-refractivity contribution in [1.82, 2.24) is 19.5 Å². The molecule has 8 nitrogen and oxygen atoms in total. The van der Waals surface area contributed by atoms with Gasteiger partial charge in [-0.05, 0) is 11.5 Å². The van der Waals surface area contributed by atoms with Crippen LogP contribution in [0.1, 0.15) is 10.4 Å². The van der Waals surface area contributed by atoms with Gasteiger partial charge in [-0.25, -0.2) is 0 Å². The Bertz CT molecular complexity index is 594. The van der Waals surface area contributed by atoms with Crippen molar-refractivity contribution in [2.45, 2.75) is 6.54 Å². The first-order chi connectivity index (χ1) is 9.65. The number of nitrogens with zero attached hydrogens (tertiary/aromatic N) is 3. The Kier molecular flexibility index (Phi) is 4.53. The zero-order chi connectivity index (χ0) is 14.5. The van der Waals surface area contributed by atoms with Gasteiger partial charge < -0.3 is 21.1 Å². The smallest absolute Gasteiger partial charge is 0.257 e. The van der Waals surface area contributed by atoms with E-state index in [4.69, 9.17) is 10.5 Å². The zero-order valence-corrected chi connectivity index (χ0v) is 12.0. The molecule has 0 aliphatic carbocycles. The first kappa shape index (κ1) is 14.3. The summed E-state index contributed by atoms with van der Waals surface area (Å²) in [6.45, 7) is 1.24. The molecule has 1 amide bonds. The molecule has 2 aromatic heterocycles. The highest BCUT2D eigenvalue weighted by Crippen LogP contribution is 2.29. The Morgan fingerprint density at radius 2 is 2.40 bits per heavy atom. The molecule has 0 bridgehead atoms. The van der Waals surface area contributed by atoms with E-state index in [1.54, 1.807) is 25.0 Å². The van der Waals surface area contributed by atoms with Gasteiger partial charge in [0.1, 0.15) is 10.6 Å². The number of hydrogen-bond donors (Lipinski definition) is 3. The number of nitrogen functional groups attached to an aromatic ring is 1. The van der Waals surface area contributed by atoms with E-state index in [1.807, 2.05) is 6.20 Å². The van der Waals surface area contributed by atoms with E-state index in [1.165, 1.54) is 0 Å². The molecule has 2 aromatic rings. The van der Waals surface area contributed by atoms with Gasteiger partial charge >= 0.3 is 0 Å². The van der Waals surface area contributed by atoms with E-state index in [-0.39, 0.29) is 11.7 Å². The van der Waals surface area contributed by atoms with E-state index in [9.17, 15) is 4.79 Å². The van der Waals surface area contributed by atoms with E-state index in [2.05, 4.69) is 20.1 Å².